The summed E-state index contributed by atoms with van der Waals surface area (Å²) in [4.78, 5) is 28.8. The Morgan fingerprint density at radius 3 is 0.839 bits per heavy atom. The topological polar surface area (TPSA) is 173 Å². The van der Waals surface area contributed by atoms with Crippen LogP contribution in [-0.2, 0) is 14.4 Å². The maximum Gasteiger partial charge on any atom is 0.330 e. The molecule has 6 N–H and O–H groups in total. The average Bonchev–Trinajstić information content (AvgIpc) is 2.66. The summed E-state index contributed by atoms with van der Waals surface area (Å²) in [7, 11) is 0. The van der Waals surface area contributed by atoms with E-state index >= 15 is 0 Å². The van der Waals surface area contributed by atoms with Crippen molar-refractivity contribution >= 4 is 28.9 Å². The van der Waals surface area contributed by atoms with Crippen LogP contribution in [0.15, 0.2) is 55.3 Å². The Morgan fingerprint density at radius 2 is 0.839 bits per heavy atom. The van der Waals surface area contributed by atoms with Crippen molar-refractivity contribution in [3.05, 3.63) is 55.3 Å². The van der Waals surface area contributed by atoms with Crippen molar-refractivity contribution in [1.82, 2.24) is 0 Å². The minimum Gasteiger partial charge on any atom is -0.478 e. The summed E-state index contributed by atoms with van der Waals surface area (Å²) in [6, 6.07) is 0. The van der Waals surface area contributed by atoms with Crippen LogP contribution in [0.1, 0.15) is 34.1 Å². The summed E-state index contributed by atoms with van der Waals surface area (Å²) in [5.74, 6) is -2.81. The van der Waals surface area contributed by atoms with E-state index in [1.165, 1.54) is 20.8 Å². The van der Waals surface area contributed by atoms with Crippen LogP contribution in [0, 0.1) is 5.41 Å². The molecule has 182 valence electrons. The molecule has 0 aliphatic carbocycles. The number of aliphatic hydroxyl groups is 3. The van der Waals surface area contributed by atoms with Gasteiger partial charge in [-0.3, -0.25) is 0 Å². The molecule has 0 aliphatic rings. The minimum atomic E-state index is -0.935. The van der Waals surface area contributed by atoms with Gasteiger partial charge in [0.05, 0.1) is 19.8 Å². The predicted molar refractivity (Wildman–Crippen MR) is 127 cm³/mol. The molecule has 0 bridgehead atoms. The molecule has 0 atom stereocenters. The molecule has 0 radical (unpaired) electrons. The lowest BCUT2D eigenvalue weighted by atomic mass is 9.88. The number of hydrogen-bond donors (Lipinski definition) is 6. The third-order valence-corrected chi connectivity index (χ3v) is 2.85. The quantitative estimate of drug-likeness (QED) is 0.181. The summed E-state index contributed by atoms with van der Waals surface area (Å²) < 4.78 is 0. The fraction of sp³-hybridized carbons (Fsp3) is 0.429. The van der Waals surface area contributed by atoms with Crippen LogP contribution in [0.25, 0.3) is 0 Å². The zero-order chi connectivity index (χ0) is 25.5. The number of aliphatic carboxylic acids is 3. The van der Waals surface area contributed by atoms with Gasteiger partial charge in [0.15, 0.2) is 0 Å². The molecule has 0 rings (SSSR count). The van der Waals surface area contributed by atoms with Crippen molar-refractivity contribution in [2.75, 3.05) is 19.8 Å². The van der Waals surface area contributed by atoms with E-state index in [9.17, 15) is 14.4 Å². The number of carboxylic acids is 3. The third-order valence-electron chi connectivity index (χ3n) is 2.85. The zero-order valence-electron chi connectivity index (χ0n) is 18.3. The van der Waals surface area contributed by atoms with Crippen molar-refractivity contribution in [2.24, 2.45) is 5.41 Å². The van der Waals surface area contributed by atoms with Crippen LogP contribution >= 0.6 is 0 Å². The standard InChI is InChI=1S/C6H14O3.3C4H6O2.C3H4.H4Si/c1-2-6(3-7,4-8)5-9;3*1-3(2)4(5)6;1-3-2;/h7-9H,2-5H2,1H3;3*1H2,2H3,(H,5,6);1-2H2;1H4. The van der Waals surface area contributed by atoms with Crippen molar-refractivity contribution in [2.45, 2.75) is 34.1 Å². The van der Waals surface area contributed by atoms with Crippen LogP contribution in [0.4, 0.5) is 0 Å². The van der Waals surface area contributed by atoms with Crippen molar-refractivity contribution in [3.8, 4) is 0 Å². The van der Waals surface area contributed by atoms with Crippen molar-refractivity contribution < 1.29 is 45.0 Å². The first-order valence-electron chi connectivity index (χ1n) is 8.37. The number of aliphatic hydroxyl groups excluding tert-OH is 3. The highest BCUT2D eigenvalue weighted by Gasteiger charge is 2.24. The monoisotopic (exact) mass is 464 g/mol. The highest BCUT2D eigenvalue weighted by atomic mass is 28.1. The van der Waals surface area contributed by atoms with Gasteiger partial charge in [0, 0.05) is 22.1 Å². The third kappa shape index (κ3) is 38.5. The van der Waals surface area contributed by atoms with E-state index in [2.05, 4.69) is 38.6 Å². The van der Waals surface area contributed by atoms with Gasteiger partial charge in [-0.25, -0.2) is 14.4 Å². The molecule has 0 amide bonds. The molecular weight excluding hydrogens is 424 g/mol. The van der Waals surface area contributed by atoms with Crippen molar-refractivity contribution in [1.29, 1.82) is 0 Å². The second-order valence-electron chi connectivity index (χ2n) is 5.83. The Hall–Kier alpha value is -2.75. The second-order valence-corrected chi connectivity index (χ2v) is 5.83. The SMILES string of the molecule is C=C(C)C(=O)O.C=C(C)C(=O)O.C=C(C)C(=O)O.C=C=C.CCC(CO)(CO)CO.[SiH4]. The molecule has 10 heteroatoms. The summed E-state index contributed by atoms with van der Waals surface area (Å²) >= 11 is 0. The van der Waals surface area contributed by atoms with Gasteiger partial charge in [0.25, 0.3) is 0 Å². The molecule has 0 unspecified atom stereocenters. The van der Waals surface area contributed by atoms with Gasteiger partial charge in [-0.1, -0.05) is 39.8 Å². The molecular formula is C21H40O9Si. The highest BCUT2D eigenvalue weighted by Crippen LogP contribution is 2.18. The number of carbonyl (C=O) groups is 3. The smallest absolute Gasteiger partial charge is 0.330 e. The first-order valence-corrected chi connectivity index (χ1v) is 8.37. The minimum absolute atomic E-state index is 0. The lowest BCUT2D eigenvalue weighted by molar-refractivity contribution is -0.133. The normalized spacial score (nSPS) is 8.10. The summed E-state index contributed by atoms with van der Waals surface area (Å²) in [6.07, 6.45) is 0.594. The lowest BCUT2D eigenvalue weighted by Crippen LogP contribution is -2.32. The van der Waals surface area contributed by atoms with Crippen LogP contribution in [0.3, 0.4) is 0 Å². The molecule has 0 saturated heterocycles. The molecule has 0 aromatic carbocycles. The fourth-order valence-electron chi connectivity index (χ4n) is 0.485. The van der Waals surface area contributed by atoms with E-state index in [1.807, 2.05) is 6.92 Å². The van der Waals surface area contributed by atoms with Gasteiger partial charge < -0.3 is 30.6 Å². The Kier molecular flexibility index (Phi) is 37.2. The van der Waals surface area contributed by atoms with Crippen LogP contribution in [-0.4, -0.2) is 79.3 Å². The van der Waals surface area contributed by atoms with Gasteiger partial charge in [-0.15, -0.1) is 5.73 Å². The van der Waals surface area contributed by atoms with Crippen LogP contribution in [0.5, 0.6) is 0 Å². The Balaban J connectivity index is -0.0000000647. The molecule has 0 heterocycles. The van der Waals surface area contributed by atoms with Gasteiger partial charge in [-0.2, -0.15) is 0 Å². The van der Waals surface area contributed by atoms with Gasteiger partial charge in [0.2, 0.25) is 0 Å². The summed E-state index contributed by atoms with van der Waals surface area (Å²) in [5, 5.41) is 49.6. The predicted octanol–water partition coefficient (Wildman–Crippen LogP) is 0.807. The van der Waals surface area contributed by atoms with Crippen LogP contribution < -0.4 is 0 Å². The zero-order valence-corrected chi connectivity index (χ0v) is 18.3. The van der Waals surface area contributed by atoms with Gasteiger partial charge in [0.1, 0.15) is 0 Å². The maximum absolute atomic E-state index is 9.60. The molecule has 0 aromatic rings. The molecule has 0 fully saturated rings. The maximum atomic E-state index is 9.60. The van der Waals surface area contributed by atoms with E-state index in [-0.39, 0.29) is 47.5 Å². The average molecular weight is 465 g/mol. The van der Waals surface area contributed by atoms with Crippen molar-refractivity contribution in [3.63, 3.8) is 0 Å². The van der Waals surface area contributed by atoms with Gasteiger partial charge >= 0.3 is 17.9 Å². The summed E-state index contributed by atoms with van der Waals surface area (Å²) in [6.45, 7) is 21.4. The molecule has 0 aromatic heterocycles. The largest absolute Gasteiger partial charge is 0.478 e. The number of hydrogen-bond acceptors (Lipinski definition) is 6. The number of rotatable bonds is 7. The summed E-state index contributed by atoms with van der Waals surface area (Å²) in [5.41, 5.74) is 2.11. The first kappa shape index (κ1) is 42.4. The lowest BCUT2D eigenvalue weighted by Gasteiger charge is -2.24. The van der Waals surface area contributed by atoms with Crippen LogP contribution in [0.2, 0.25) is 0 Å². The number of carboxylic acid groups (broad SMARTS) is 3. The van der Waals surface area contributed by atoms with Gasteiger partial charge in [-0.05, 0) is 38.2 Å². The second kappa shape index (κ2) is 27.2. The Bertz CT molecular complexity index is 475. The Morgan fingerprint density at radius 1 is 0.710 bits per heavy atom. The fourth-order valence-corrected chi connectivity index (χ4v) is 0.485. The Labute approximate surface area is 189 Å². The highest BCUT2D eigenvalue weighted by molar-refractivity contribution is 5.85. The molecule has 0 aliphatic heterocycles. The van der Waals surface area contributed by atoms with E-state index in [4.69, 9.17) is 30.6 Å². The van der Waals surface area contributed by atoms with E-state index in [0.717, 1.165) is 0 Å². The first-order chi connectivity index (χ1) is 13.6. The molecule has 0 spiro atoms. The van der Waals surface area contributed by atoms with E-state index in [1.54, 1.807) is 0 Å². The van der Waals surface area contributed by atoms with E-state index < -0.39 is 23.3 Å². The molecule has 31 heavy (non-hydrogen) atoms. The molecule has 9 nitrogen and oxygen atoms in total. The van der Waals surface area contributed by atoms with E-state index in [0.29, 0.717) is 6.42 Å². The molecule has 0 saturated carbocycles.